The number of rotatable bonds is 4. The molecule has 0 bridgehead atoms. The van der Waals surface area contributed by atoms with Gasteiger partial charge in [0.2, 0.25) is 5.91 Å². The van der Waals surface area contributed by atoms with Crippen LogP contribution in [0.3, 0.4) is 0 Å². The van der Waals surface area contributed by atoms with Gasteiger partial charge in [0.25, 0.3) is 0 Å². The summed E-state index contributed by atoms with van der Waals surface area (Å²) in [5.74, 6) is 0.963. The third-order valence-electron chi connectivity index (χ3n) is 5.66. The molecule has 1 saturated carbocycles. The first kappa shape index (κ1) is 16.4. The van der Waals surface area contributed by atoms with Crippen LogP contribution in [0.15, 0.2) is 29.1 Å². The Hall–Kier alpha value is -2.08. The van der Waals surface area contributed by atoms with E-state index < -0.39 is 0 Å². The van der Waals surface area contributed by atoms with Crippen molar-refractivity contribution in [3.8, 4) is 0 Å². The van der Waals surface area contributed by atoms with Gasteiger partial charge in [0.15, 0.2) is 0 Å². The van der Waals surface area contributed by atoms with Crippen LogP contribution < -0.4 is 5.32 Å². The van der Waals surface area contributed by atoms with Crippen molar-refractivity contribution in [3.05, 3.63) is 41.9 Å². The molecule has 1 amide bonds. The number of fused-ring (bicyclic) bond motifs is 2. The molecule has 1 aliphatic carbocycles. The maximum atomic E-state index is 13.2. The van der Waals surface area contributed by atoms with E-state index >= 15 is 0 Å². The van der Waals surface area contributed by atoms with Crippen molar-refractivity contribution in [2.24, 2.45) is 0 Å². The van der Waals surface area contributed by atoms with E-state index in [1.165, 1.54) is 19.3 Å². The summed E-state index contributed by atoms with van der Waals surface area (Å²) in [6.45, 7) is 3.20. The van der Waals surface area contributed by atoms with Gasteiger partial charge in [-0.05, 0) is 31.9 Å². The number of H-pyrrole nitrogens is 1. The number of furan rings is 1. The molecule has 0 radical (unpaired) electrons. The molecule has 0 aromatic carbocycles. The molecular weight excluding hydrogens is 316 g/mol. The van der Waals surface area contributed by atoms with Crippen LogP contribution in [-0.4, -0.2) is 33.4 Å². The molecule has 1 fully saturated rings. The van der Waals surface area contributed by atoms with Crippen LogP contribution in [0.1, 0.15) is 56.2 Å². The first-order valence-corrected chi connectivity index (χ1v) is 9.33. The number of imidazole rings is 1. The molecule has 2 aromatic heterocycles. The molecule has 6 heteroatoms. The SMILES string of the molecule is CCN(Cc1ccco1)C(=O)[C@@H]1Cc2[nH]cnc2C2(CCCCC2)N1. The zero-order chi connectivity index (χ0) is 17.3. The van der Waals surface area contributed by atoms with E-state index in [-0.39, 0.29) is 17.5 Å². The molecule has 4 rings (SSSR count). The van der Waals surface area contributed by atoms with Crippen LogP contribution in [0.2, 0.25) is 0 Å². The maximum Gasteiger partial charge on any atom is 0.240 e. The second-order valence-electron chi connectivity index (χ2n) is 7.21. The van der Waals surface area contributed by atoms with E-state index in [9.17, 15) is 4.79 Å². The summed E-state index contributed by atoms with van der Waals surface area (Å²) in [6.07, 6.45) is 9.84. The average molecular weight is 342 g/mol. The second kappa shape index (κ2) is 6.67. The molecule has 6 nitrogen and oxygen atoms in total. The van der Waals surface area contributed by atoms with Crippen molar-refractivity contribution in [2.45, 2.75) is 63.6 Å². The third kappa shape index (κ3) is 2.99. The number of carbonyl (C=O) groups is 1. The van der Waals surface area contributed by atoms with E-state index in [0.717, 1.165) is 30.0 Å². The predicted molar refractivity (Wildman–Crippen MR) is 93.8 cm³/mol. The number of nitrogens with one attached hydrogen (secondary N) is 2. The summed E-state index contributed by atoms with van der Waals surface area (Å²) in [5, 5.41) is 3.70. The van der Waals surface area contributed by atoms with Crippen LogP contribution in [0, 0.1) is 0 Å². The van der Waals surface area contributed by atoms with E-state index in [0.29, 0.717) is 19.5 Å². The Morgan fingerprint density at radius 2 is 2.24 bits per heavy atom. The highest BCUT2D eigenvalue weighted by Gasteiger charge is 2.45. The second-order valence-corrected chi connectivity index (χ2v) is 7.21. The molecule has 0 saturated heterocycles. The molecule has 1 aliphatic heterocycles. The molecule has 3 heterocycles. The van der Waals surface area contributed by atoms with Crippen LogP contribution in [-0.2, 0) is 23.3 Å². The minimum atomic E-state index is -0.207. The summed E-state index contributed by atoms with van der Waals surface area (Å²) in [6, 6.07) is 3.57. The van der Waals surface area contributed by atoms with Crippen molar-refractivity contribution in [3.63, 3.8) is 0 Å². The fraction of sp³-hybridized carbons (Fsp3) is 0.579. The number of aromatic amines is 1. The van der Waals surface area contributed by atoms with E-state index in [1.54, 1.807) is 12.6 Å². The maximum absolute atomic E-state index is 13.2. The predicted octanol–water partition coefficient (Wildman–Crippen LogP) is 2.73. The van der Waals surface area contributed by atoms with Gasteiger partial charge in [-0.3, -0.25) is 10.1 Å². The summed E-state index contributed by atoms with van der Waals surface area (Å²) >= 11 is 0. The van der Waals surface area contributed by atoms with Gasteiger partial charge in [-0.15, -0.1) is 0 Å². The van der Waals surface area contributed by atoms with E-state index in [4.69, 9.17) is 4.42 Å². The third-order valence-corrected chi connectivity index (χ3v) is 5.66. The van der Waals surface area contributed by atoms with E-state index in [2.05, 4.69) is 15.3 Å². The zero-order valence-corrected chi connectivity index (χ0v) is 14.8. The smallest absolute Gasteiger partial charge is 0.240 e. The first-order valence-electron chi connectivity index (χ1n) is 9.33. The van der Waals surface area contributed by atoms with Gasteiger partial charge in [0.05, 0.1) is 36.4 Å². The van der Waals surface area contributed by atoms with Gasteiger partial charge in [-0.1, -0.05) is 19.3 Å². The fourth-order valence-electron chi connectivity index (χ4n) is 4.39. The van der Waals surface area contributed by atoms with Crippen molar-refractivity contribution in [1.29, 1.82) is 0 Å². The number of likely N-dealkylation sites (N-methyl/N-ethyl adjacent to an activating group) is 1. The highest BCUT2D eigenvalue weighted by molar-refractivity contribution is 5.82. The van der Waals surface area contributed by atoms with Gasteiger partial charge in [-0.25, -0.2) is 4.98 Å². The van der Waals surface area contributed by atoms with Gasteiger partial charge in [-0.2, -0.15) is 0 Å². The zero-order valence-electron chi connectivity index (χ0n) is 14.8. The van der Waals surface area contributed by atoms with Crippen LogP contribution in [0.25, 0.3) is 0 Å². The van der Waals surface area contributed by atoms with Gasteiger partial charge >= 0.3 is 0 Å². The number of amides is 1. The van der Waals surface area contributed by atoms with E-state index in [1.807, 2.05) is 24.0 Å². The van der Waals surface area contributed by atoms with Crippen molar-refractivity contribution in [1.82, 2.24) is 20.2 Å². The fourth-order valence-corrected chi connectivity index (χ4v) is 4.39. The largest absolute Gasteiger partial charge is 0.467 e. The number of carbonyl (C=O) groups excluding carboxylic acids is 1. The molecule has 2 aromatic rings. The van der Waals surface area contributed by atoms with Crippen LogP contribution in [0.4, 0.5) is 0 Å². The van der Waals surface area contributed by atoms with Crippen LogP contribution >= 0.6 is 0 Å². The minimum absolute atomic E-state index is 0.143. The Morgan fingerprint density at radius 1 is 1.40 bits per heavy atom. The summed E-state index contributed by atoms with van der Waals surface area (Å²) in [5.41, 5.74) is 2.11. The lowest BCUT2D eigenvalue weighted by atomic mass is 9.75. The van der Waals surface area contributed by atoms with Gasteiger partial charge < -0.3 is 14.3 Å². The summed E-state index contributed by atoms with van der Waals surface area (Å²) in [4.78, 5) is 22.9. The summed E-state index contributed by atoms with van der Waals surface area (Å²) < 4.78 is 5.43. The molecule has 2 N–H and O–H groups in total. The van der Waals surface area contributed by atoms with Crippen molar-refractivity contribution >= 4 is 5.91 Å². The molecule has 1 spiro atoms. The average Bonchev–Trinajstić information content (AvgIpc) is 3.31. The molecule has 2 aliphatic rings. The number of hydrogen-bond donors (Lipinski definition) is 2. The molecule has 0 unspecified atom stereocenters. The quantitative estimate of drug-likeness (QED) is 0.896. The molecule has 1 atom stereocenters. The van der Waals surface area contributed by atoms with Crippen LogP contribution in [0.5, 0.6) is 0 Å². The standard InChI is InChI=1S/C19H26N4O2/c1-2-23(12-14-7-6-10-25-14)18(24)16-11-15-17(21-13-20-15)19(22-16)8-4-3-5-9-19/h6-7,10,13,16,22H,2-5,8-9,11-12H2,1H3,(H,20,21)/t16-/m0/s1. The number of nitrogens with zero attached hydrogens (tertiary/aromatic N) is 2. The molecule has 134 valence electrons. The Bertz CT molecular complexity index is 716. The lowest BCUT2D eigenvalue weighted by molar-refractivity contribution is -0.135. The van der Waals surface area contributed by atoms with Crippen molar-refractivity contribution in [2.75, 3.05) is 6.54 Å². The Balaban J connectivity index is 1.57. The highest BCUT2D eigenvalue weighted by Crippen LogP contribution is 2.40. The Kier molecular flexibility index (Phi) is 4.37. The number of hydrogen-bond acceptors (Lipinski definition) is 4. The van der Waals surface area contributed by atoms with Crippen molar-refractivity contribution < 1.29 is 9.21 Å². The monoisotopic (exact) mass is 342 g/mol. The lowest BCUT2D eigenvalue weighted by Gasteiger charge is -2.44. The summed E-state index contributed by atoms with van der Waals surface area (Å²) in [7, 11) is 0. The first-order chi connectivity index (χ1) is 12.2. The highest BCUT2D eigenvalue weighted by atomic mass is 16.3. The topological polar surface area (TPSA) is 74.2 Å². The minimum Gasteiger partial charge on any atom is -0.467 e. The normalized spacial score (nSPS) is 21.9. The number of aromatic nitrogens is 2. The molecule has 25 heavy (non-hydrogen) atoms. The Morgan fingerprint density at radius 3 is 2.96 bits per heavy atom. The Labute approximate surface area is 148 Å². The van der Waals surface area contributed by atoms with Gasteiger partial charge in [0, 0.05) is 18.7 Å². The lowest BCUT2D eigenvalue weighted by Crippen LogP contribution is -2.59. The molecular formula is C19H26N4O2. The van der Waals surface area contributed by atoms with Gasteiger partial charge in [0.1, 0.15) is 5.76 Å².